The van der Waals surface area contributed by atoms with Gasteiger partial charge in [0.15, 0.2) is 0 Å². The van der Waals surface area contributed by atoms with Crippen LogP contribution in [0, 0.1) is 11.3 Å². The molecule has 2 rings (SSSR count). The number of hydrogen-bond donors (Lipinski definition) is 2. The van der Waals surface area contributed by atoms with Gasteiger partial charge in [-0.25, -0.2) is 9.97 Å². The molecule has 82 valence electrons. The molecule has 0 saturated carbocycles. The Balaban J connectivity index is 2.40. The molecule has 2 N–H and O–H groups in total. The summed E-state index contributed by atoms with van der Waals surface area (Å²) in [5.41, 5.74) is 2.03. The number of rotatable bonds is 3. The minimum absolute atomic E-state index is 0.229. The van der Waals surface area contributed by atoms with Crippen molar-refractivity contribution >= 4 is 5.82 Å². The Kier molecular flexibility index (Phi) is 3.13. The lowest BCUT2D eigenvalue weighted by Gasteiger charge is -2.19. The van der Waals surface area contributed by atoms with Crippen LogP contribution in [0.4, 0.5) is 5.82 Å². The van der Waals surface area contributed by atoms with Gasteiger partial charge in [0, 0.05) is 31.6 Å². The smallest absolute Gasteiger partial charge is 0.234 e. The predicted molar refractivity (Wildman–Crippen MR) is 60.8 cm³/mol. The maximum Gasteiger partial charge on any atom is 0.234 e. The minimum atomic E-state index is 0.229. The zero-order chi connectivity index (χ0) is 11.4. The largest absolute Gasteiger partial charge is 0.366 e. The average molecular weight is 215 g/mol. The van der Waals surface area contributed by atoms with Crippen molar-refractivity contribution in [1.82, 2.24) is 15.3 Å². The molecule has 0 atom stereocenters. The van der Waals surface area contributed by atoms with Gasteiger partial charge in [0.25, 0.3) is 0 Å². The molecular formula is C11H13N5. The summed E-state index contributed by atoms with van der Waals surface area (Å²) >= 11 is 0. The second kappa shape index (κ2) is 4.73. The molecule has 0 radical (unpaired) electrons. The van der Waals surface area contributed by atoms with Crippen molar-refractivity contribution in [2.24, 2.45) is 0 Å². The molecule has 1 aromatic heterocycles. The first-order valence-electron chi connectivity index (χ1n) is 5.20. The molecule has 5 heteroatoms. The number of fused-ring (bicyclic) bond motifs is 1. The maximum atomic E-state index is 8.85. The van der Waals surface area contributed by atoms with Gasteiger partial charge >= 0.3 is 0 Å². The van der Waals surface area contributed by atoms with Gasteiger partial charge in [-0.1, -0.05) is 6.08 Å². The summed E-state index contributed by atoms with van der Waals surface area (Å²) in [7, 11) is 0. The van der Waals surface area contributed by atoms with E-state index in [1.807, 2.05) is 6.07 Å². The second-order valence-corrected chi connectivity index (χ2v) is 3.53. The van der Waals surface area contributed by atoms with E-state index in [-0.39, 0.29) is 5.82 Å². The standard InChI is InChI=1S/C11H13N5/c1-2-4-14-11-8-7-13-5-3-9(8)15-10(6-12)16-11/h2,13H,1,3-5,7H2,(H,14,15,16). The van der Waals surface area contributed by atoms with Crippen molar-refractivity contribution in [3.05, 3.63) is 29.7 Å². The molecule has 0 amide bonds. The third-order valence-corrected chi connectivity index (χ3v) is 2.45. The first kappa shape index (κ1) is 10.6. The highest BCUT2D eigenvalue weighted by atomic mass is 15.1. The Morgan fingerprint density at radius 3 is 3.19 bits per heavy atom. The number of anilines is 1. The van der Waals surface area contributed by atoms with E-state index in [4.69, 9.17) is 5.26 Å². The van der Waals surface area contributed by atoms with E-state index in [1.54, 1.807) is 6.08 Å². The molecule has 1 aliphatic rings. The molecule has 0 bridgehead atoms. The van der Waals surface area contributed by atoms with Crippen molar-refractivity contribution in [3.63, 3.8) is 0 Å². The summed E-state index contributed by atoms with van der Waals surface area (Å²) in [6.07, 6.45) is 2.60. The molecule has 0 aliphatic carbocycles. The van der Waals surface area contributed by atoms with Crippen LogP contribution in [-0.4, -0.2) is 23.1 Å². The molecule has 0 unspecified atom stereocenters. The monoisotopic (exact) mass is 215 g/mol. The first-order chi connectivity index (χ1) is 7.85. The van der Waals surface area contributed by atoms with Crippen molar-refractivity contribution in [1.29, 1.82) is 5.26 Å². The Bertz CT molecular complexity index is 446. The van der Waals surface area contributed by atoms with Gasteiger partial charge in [-0.15, -0.1) is 6.58 Å². The normalized spacial score (nSPS) is 13.7. The van der Waals surface area contributed by atoms with Gasteiger partial charge in [-0.2, -0.15) is 5.26 Å². The summed E-state index contributed by atoms with van der Waals surface area (Å²) in [4.78, 5) is 8.39. The molecule has 2 heterocycles. The third-order valence-electron chi connectivity index (χ3n) is 2.45. The molecule has 1 aliphatic heterocycles. The lowest BCUT2D eigenvalue weighted by atomic mass is 10.1. The first-order valence-corrected chi connectivity index (χ1v) is 5.20. The Hall–Kier alpha value is -1.93. The van der Waals surface area contributed by atoms with Gasteiger partial charge in [-0.05, 0) is 0 Å². The van der Waals surface area contributed by atoms with Crippen molar-refractivity contribution < 1.29 is 0 Å². The van der Waals surface area contributed by atoms with Gasteiger partial charge in [0.2, 0.25) is 5.82 Å². The number of nitriles is 1. The Labute approximate surface area is 94.2 Å². The fourth-order valence-electron chi connectivity index (χ4n) is 1.71. The van der Waals surface area contributed by atoms with Gasteiger partial charge in [-0.3, -0.25) is 0 Å². The quantitative estimate of drug-likeness (QED) is 0.722. The highest BCUT2D eigenvalue weighted by Gasteiger charge is 2.16. The van der Waals surface area contributed by atoms with E-state index >= 15 is 0 Å². The van der Waals surface area contributed by atoms with Crippen molar-refractivity contribution in [3.8, 4) is 6.07 Å². The lowest BCUT2D eigenvalue weighted by molar-refractivity contribution is 0.626. The fraction of sp³-hybridized carbons (Fsp3) is 0.364. The Morgan fingerprint density at radius 1 is 1.56 bits per heavy atom. The van der Waals surface area contributed by atoms with Crippen molar-refractivity contribution in [2.45, 2.75) is 13.0 Å². The van der Waals surface area contributed by atoms with Crippen LogP contribution in [0.15, 0.2) is 12.7 Å². The molecule has 5 nitrogen and oxygen atoms in total. The van der Waals surface area contributed by atoms with Gasteiger partial charge in [0.05, 0.1) is 5.69 Å². The van der Waals surface area contributed by atoms with Crippen LogP contribution in [0.25, 0.3) is 0 Å². The molecule has 0 aromatic carbocycles. The molecular weight excluding hydrogens is 202 g/mol. The van der Waals surface area contributed by atoms with Crippen molar-refractivity contribution in [2.75, 3.05) is 18.4 Å². The second-order valence-electron chi connectivity index (χ2n) is 3.53. The molecule has 0 spiro atoms. The number of hydrogen-bond acceptors (Lipinski definition) is 5. The van der Waals surface area contributed by atoms with Crippen LogP contribution in [-0.2, 0) is 13.0 Å². The average Bonchev–Trinajstić information content (AvgIpc) is 2.35. The van der Waals surface area contributed by atoms with E-state index in [0.717, 1.165) is 36.6 Å². The van der Waals surface area contributed by atoms with Crippen LogP contribution in [0.1, 0.15) is 17.1 Å². The number of nitrogens with zero attached hydrogens (tertiary/aromatic N) is 3. The Morgan fingerprint density at radius 2 is 2.44 bits per heavy atom. The molecule has 16 heavy (non-hydrogen) atoms. The van der Waals surface area contributed by atoms with E-state index < -0.39 is 0 Å². The zero-order valence-electron chi connectivity index (χ0n) is 8.95. The van der Waals surface area contributed by atoms with Gasteiger partial charge < -0.3 is 10.6 Å². The highest BCUT2D eigenvalue weighted by molar-refractivity contribution is 5.49. The SMILES string of the molecule is C=CCNc1nc(C#N)nc2c1CNCC2. The predicted octanol–water partition coefficient (Wildman–Crippen LogP) is 0.592. The topological polar surface area (TPSA) is 73.6 Å². The van der Waals surface area contributed by atoms with E-state index in [2.05, 4.69) is 27.2 Å². The molecule has 0 fully saturated rings. The van der Waals surface area contributed by atoms with Crippen LogP contribution in [0.2, 0.25) is 0 Å². The molecule has 0 saturated heterocycles. The summed E-state index contributed by atoms with van der Waals surface area (Å²) in [6, 6.07) is 1.99. The third kappa shape index (κ3) is 2.02. The summed E-state index contributed by atoms with van der Waals surface area (Å²) in [5, 5.41) is 15.3. The molecule has 1 aromatic rings. The van der Waals surface area contributed by atoms with E-state index in [0.29, 0.717) is 6.54 Å². The zero-order valence-corrected chi connectivity index (χ0v) is 8.95. The van der Waals surface area contributed by atoms with E-state index in [9.17, 15) is 0 Å². The fourth-order valence-corrected chi connectivity index (χ4v) is 1.71. The van der Waals surface area contributed by atoms with Crippen LogP contribution >= 0.6 is 0 Å². The summed E-state index contributed by atoms with van der Waals surface area (Å²) < 4.78 is 0. The minimum Gasteiger partial charge on any atom is -0.366 e. The lowest BCUT2D eigenvalue weighted by Crippen LogP contribution is -2.26. The summed E-state index contributed by atoms with van der Waals surface area (Å²) in [6.45, 7) is 5.93. The van der Waals surface area contributed by atoms with Crippen LogP contribution in [0.5, 0.6) is 0 Å². The van der Waals surface area contributed by atoms with Gasteiger partial charge in [0.1, 0.15) is 11.9 Å². The van der Waals surface area contributed by atoms with Crippen LogP contribution in [0.3, 0.4) is 0 Å². The highest BCUT2D eigenvalue weighted by Crippen LogP contribution is 2.19. The maximum absolute atomic E-state index is 8.85. The summed E-state index contributed by atoms with van der Waals surface area (Å²) in [5.74, 6) is 0.973. The van der Waals surface area contributed by atoms with E-state index in [1.165, 1.54) is 0 Å². The number of aromatic nitrogens is 2. The number of nitrogens with one attached hydrogen (secondary N) is 2. The van der Waals surface area contributed by atoms with Crippen LogP contribution < -0.4 is 10.6 Å².